The Morgan fingerprint density at radius 2 is 0.574 bits per heavy atom. The molecule has 0 spiro atoms. The Morgan fingerprint density at radius 3 is 0.852 bits per heavy atom. The zero-order chi connectivity index (χ0) is 44.5. The summed E-state index contributed by atoms with van der Waals surface area (Å²) in [6.07, 6.45) is 52.3. The predicted molar refractivity (Wildman–Crippen MR) is 261 cm³/mol. The molecule has 0 aliphatic carbocycles. The Bertz CT molecular complexity index is 920. The highest BCUT2D eigenvalue weighted by atomic mass is 16.6. The SMILES string of the molecule is CCCCCCCCCCCCCCCCCCCCC(=O)OC[C@@H](COC(=O)CCCCCCCCCCCCCCC)OC(=O)CCCCCCCCCCC(C)CC. The summed E-state index contributed by atoms with van der Waals surface area (Å²) in [6, 6.07) is 0. The molecule has 1 unspecified atom stereocenters. The average Bonchev–Trinajstić information content (AvgIpc) is 3.26. The maximum atomic E-state index is 12.8. The van der Waals surface area contributed by atoms with Crippen molar-refractivity contribution >= 4 is 17.9 Å². The van der Waals surface area contributed by atoms with Gasteiger partial charge in [0.05, 0.1) is 0 Å². The monoisotopic (exact) mass is 863 g/mol. The van der Waals surface area contributed by atoms with Crippen LogP contribution in [-0.4, -0.2) is 37.2 Å². The summed E-state index contributed by atoms with van der Waals surface area (Å²) in [5, 5.41) is 0. The van der Waals surface area contributed by atoms with Gasteiger partial charge in [-0.05, 0) is 25.2 Å². The van der Waals surface area contributed by atoms with Crippen LogP contribution >= 0.6 is 0 Å². The topological polar surface area (TPSA) is 78.9 Å². The van der Waals surface area contributed by atoms with Crippen LogP contribution < -0.4 is 0 Å². The third kappa shape index (κ3) is 47.7. The molecule has 2 atom stereocenters. The lowest BCUT2D eigenvalue weighted by Crippen LogP contribution is -2.30. The lowest BCUT2D eigenvalue weighted by Gasteiger charge is -2.18. The van der Waals surface area contributed by atoms with E-state index in [9.17, 15) is 14.4 Å². The minimum Gasteiger partial charge on any atom is -0.462 e. The van der Waals surface area contributed by atoms with Crippen LogP contribution in [0.4, 0.5) is 0 Å². The smallest absolute Gasteiger partial charge is 0.306 e. The van der Waals surface area contributed by atoms with E-state index in [-0.39, 0.29) is 31.1 Å². The van der Waals surface area contributed by atoms with Crippen LogP contribution in [-0.2, 0) is 28.6 Å². The minimum atomic E-state index is -0.761. The molecule has 0 saturated heterocycles. The van der Waals surface area contributed by atoms with Crippen LogP contribution in [0, 0.1) is 5.92 Å². The molecule has 0 aromatic rings. The van der Waals surface area contributed by atoms with Crippen molar-refractivity contribution in [3.8, 4) is 0 Å². The molecule has 0 saturated carbocycles. The largest absolute Gasteiger partial charge is 0.462 e. The van der Waals surface area contributed by atoms with E-state index in [4.69, 9.17) is 14.2 Å². The molecule has 6 nitrogen and oxygen atoms in total. The Hall–Kier alpha value is -1.59. The third-order valence-electron chi connectivity index (χ3n) is 12.9. The fraction of sp³-hybridized carbons (Fsp3) is 0.945. The number of hydrogen-bond donors (Lipinski definition) is 0. The second kappa shape index (κ2) is 49.4. The van der Waals surface area contributed by atoms with E-state index in [1.165, 1.54) is 205 Å². The molecule has 0 radical (unpaired) electrons. The molecule has 0 heterocycles. The maximum Gasteiger partial charge on any atom is 0.306 e. The van der Waals surface area contributed by atoms with Crippen molar-refractivity contribution in [2.75, 3.05) is 13.2 Å². The molecule has 0 N–H and O–H groups in total. The quantitative estimate of drug-likeness (QED) is 0.0344. The summed E-state index contributed by atoms with van der Waals surface area (Å²) >= 11 is 0. The average molecular weight is 863 g/mol. The third-order valence-corrected chi connectivity index (χ3v) is 12.9. The van der Waals surface area contributed by atoms with Gasteiger partial charge in [0, 0.05) is 19.3 Å². The van der Waals surface area contributed by atoms with Crippen LogP contribution in [0.2, 0.25) is 0 Å². The number of esters is 3. The highest BCUT2D eigenvalue weighted by molar-refractivity contribution is 5.71. The number of carbonyl (C=O) groups excluding carboxylic acids is 3. The van der Waals surface area contributed by atoms with E-state index in [1.807, 2.05) is 0 Å². The molecule has 6 heteroatoms. The van der Waals surface area contributed by atoms with E-state index in [2.05, 4.69) is 27.7 Å². The fourth-order valence-corrected chi connectivity index (χ4v) is 8.36. The molecule has 0 aliphatic rings. The van der Waals surface area contributed by atoms with E-state index in [0.717, 1.165) is 63.7 Å². The molecule has 0 amide bonds. The summed E-state index contributed by atoms with van der Waals surface area (Å²) in [5.74, 6) is 0.00247. The Kier molecular flexibility index (Phi) is 48.1. The Labute approximate surface area is 380 Å². The van der Waals surface area contributed by atoms with Crippen molar-refractivity contribution in [2.24, 2.45) is 5.92 Å². The second-order valence-electron chi connectivity index (χ2n) is 19.1. The molecule has 0 bridgehead atoms. The first-order valence-corrected chi connectivity index (χ1v) is 27.4. The predicted octanol–water partition coefficient (Wildman–Crippen LogP) is 17.8. The van der Waals surface area contributed by atoms with E-state index in [1.54, 1.807) is 0 Å². The molecule has 0 aliphatic heterocycles. The zero-order valence-corrected chi connectivity index (χ0v) is 41.6. The van der Waals surface area contributed by atoms with Crippen molar-refractivity contribution in [1.82, 2.24) is 0 Å². The van der Waals surface area contributed by atoms with Gasteiger partial charge in [-0.3, -0.25) is 14.4 Å². The van der Waals surface area contributed by atoms with Gasteiger partial charge in [0.2, 0.25) is 0 Å². The van der Waals surface area contributed by atoms with Gasteiger partial charge in [-0.2, -0.15) is 0 Å². The van der Waals surface area contributed by atoms with Gasteiger partial charge in [0.1, 0.15) is 13.2 Å². The second-order valence-corrected chi connectivity index (χ2v) is 19.1. The number of ether oxygens (including phenoxy) is 3. The van der Waals surface area contributed by atoms with Gasteiger partial charge in [-0.1, -0.05) is 272 Å². The van der Waals surface area contributed by atoms with Gasteiger partial charge in [0.15, 0.2) is 6.10 Å². The van der Waals surface area contributed by atoms with Crippen LogP contribution in [0.15, 0.2) is 0 Å². The molecular formula is C55H106O6. The highest BCUT2D eigenvalue weighted by Gasteiger charge is 2.19. The van der Waals surface area contributed by atoms with Crippen molar-refractivity contribution in [1.29, 1.82) is 0 Å². The fourth-order valence-electron chi connectivity index (χ4n) is 8.36. The number of carbonyl (C=O) groups is 3. The standard InChI is InChI=1S/C55H106O6/c1-5-8-10-12-14-16-18-20-21-22-23-24-26-28-30-35-39-43-47-54(57)60-50-52(61-55(58)48-44-40-36-32-31-33-37-41-45-51(4)7-3)49-59-53(56)46-42-38-34-29-27-25-19-17-15-13-11-9-6-2/h51-52H,5-50H2,1-4H3/t51?,52-/m1/s1. The van der Waals surface area contributed by atoms with Crippen molar-refractivity contribution < 1.29 is 28.6 Å². The highest BCUT2D eigenvalue weighted by Crippen LogP contribution is 2.18. The molecule has 0 rings (SSSR count). The summed E-state index contributed by atoms with van der Waals surface area (Å²) in [5.41, 5.74) is 0. The molecule has 61 heavy (non-hydrogen) atoms. The van der Waals surface area contributed by atoms with Gasteiger partial charge in [0.25, 0.3) is 0 Å². The van der Waals surface area contributed by atoms with E-state index < -0.39 is 6.10 Å². The van der Waals surface area contributed by atoms with Crippen LogP contribution in [0.3, 0.4) is 0 Å². The lowest BCUT2D eigenvalue weighted by molar-refractivity contribution is -0.167. The lowest BCUT2D eigenvalue weighted by atomic mass is 9.99. The Balaban J connectivity index is 4.27. The van der Waals surface area contributed by atoms with Crippen molar-refractivity contribution in [3.63, 3.8) is 0 Å². The maximum absolute atomic E-state index is 12.8. The normalized spacial score (nSPS) is 12.4. The van der Waals surface area contributed by atoms with Gasteiger partial charge >= 0.3 is 17.9 Å². The van der Waals surface area contributed by atoms with Crippen LogP contribution in [0.5, 0.6) is 0 Å². The first kappa shape index (κ1) is 59.4. The summed E-state index contributed by atoms with van der Waals surface area (Å²) in [4.78, 5) is 38.0. The summed E-state index contributed by atoms with van der Waals surface area (Å²) < 4.78 is 16.8. The van der Waals surface area contributed by atoms with Crippen molar-refractivity contribution in [3.05, 3.63) is 0 Å². The molecule has 362 valence electrons. The Morgan fingerprint density at radius 1 is 0.328 bits per heavy atom. The van der Waals surface area contributed by atoms with Crippen LogP contribution in [0.1, 0.15) is 310 Å². The van der Waals surface area contributed by atoms with Crippen molar-refractivity contribution in [2.45, 2.75) is 316 Å². The minimum absolute atomic E-state index is 0.0628. The van der Waals surface area contributed by atoms with Gasteiger partial charge in [-0.15, -0.1) is 0 Å². The molecular weight excluding hydrogens is 757 g/mol. The van der Waals surface area contributed by atoms with Gasteiger partial charge < -0.3 is 14.2 Å². The first-order valence-electron chi connectivity index (χ1n) is 27.4. The summed E-state index contributed by atoms with van der Waals surface area (Å²) in [6.45, 7) is 9.04. The van der Waals surface area contributed by atoms with Gasteiger partial charge in [-0.25, -0.2) is 0 Å². The molecule has 0 fully saturated rings. The number of rotatable bonds is 50. The first-order chi connectivity index (χ1) is 29.9. The van der Waals surface area contributed by atoms with E-state index in [0.29, 0.717) is 19.3 Å². The molecule has 0 aromatic carbocycles. The number of hydrogen-bond acceptors (Lipinski definition) is 6. The van der Waals surface area contributed by atoms with Crippen LogP contribution in [0.25, 0.3) is 0 Å². The summed E-state index contributed by atoms with van der Waals surface area (Å²) in [7, 11) is 0. The van der Waals surface area contributed by atoms with E-state index >= 15 is 0 Å². The molecule has 0 aromatic heterocycles. The number of unbranched alkanes of at least 4 members (excludes halogenated alkanes) is 36. The zero-order valence-electron chi connectivity index (χ0n) is 41.6.